The second kappa shape index (κ2) is 22.8. The van der Waals surface area contributed by atoms with Gasteiger partial charge in [0.15, 0.2) is 23.1 Å². The molecule has 8 aliphatic rings. The Morgan fingerprint density at radius 2 is 0.833 bits per heavy atom. The lowest BCUT2D eigenvalue weighted by Crippen LogP contribution is -2.56. The predicted octanol–water partition coefficient (Wildman–Crippen LogP) is 4.35. The van der Waals surface area contributed by atoms with Gasteiger partial charge in [-0.1, -0.05) is 32.8 Å². The summed E-state index contributed by atoms with van der Waals surface area (Å²) in [7, 11) is 2.56. The number of carbonyl (C=O) groups is 4. The Morgan fingerprint density at radius 3 is 1.18 bits per heavy atom. The average molecular weight is 1100 g/mol. The SMILES string of the molecule is CCCCO[C@H]1C=C(C(=O)OC)[C@H]2OC(C)(C)O[C@H]2[C@@H]1O[C@H]1C=C(C(=O)Nc2cccc(NC(=O)C3=C[C@H](O[C@H]4[C@@H]5OC(C)(C)O[C@@H]5C(C(=O)OC)=C[C@@H]4OCCCC)[C@@H](O)[C@@H]4OC(C)(C)O[C@H]34)c2)[C@H]2OC(C)(C)O[C@H]2[C@@H]1O. The molecule has 430 valence electrons. The maximum absolute atomic E-state index is 14.6. The molecule has 9 rings (SSSR count). The van der Waals surface area contributed by atoms with Crippen LogP contribution in [0.4, 0.5) is 11.4 Å². The fourth-order valence-corrected chi connectivity index (χ4v) is 11.3. The van der Waals surface area contributed by atoms with Crippen LogP contribution >= 0.6 is 0 Å². The zero-order chi connectivity index (χ0) is 56.2. The van der Waals surface area contributed by atoms with Crippen LogP contribution in [0.15, 0.2) is 70.9 Å². The molecule has 2 amide bonds. The van der Waals surface area contributed by atoms with Crippen LogP contribution in [0.2, 0.25) is 0 Å². The maximum atomic E-state index is 14.6. The van der Waals surface area contributed by atoms with E-state index in [0.29, 0.717) is 13.2 Å². The van der Waals surface area contributed by atoms with E-state index in [1.807, 2.05) is 13.8 Å². The highest BCUT2D eigenvalue weighted by molar-refractivity contribution is 6.07. The lowest BCUT2D eigenvalue weighted by Gasteiger charge is -2.41. The first-order valence-electron chi connectivity index (χ1n) is 26.9. The molecule has 0 spiro atoms. The number of amides is 2. The number of carbonyl (C=O) groups excluding carboxylic acids is 4. The van der Waals surface area contributed by atoms with Crippen molar-refractivity contribution in [1.29, 1.82) is 0 Å². The van der Waals surface area contributed by atoms with Crippen LogP contribution < -0.4 is 10.6 Å². The van der Waals surface area contributed by atoms with E-state index < -0.39 is 145 Å². The van der Waals surface area contributed by atoms with Crippen molar-refractivity contribution in [3.63, 3.8) is 0 Å². The molecule has 0 radical (unpaired) electrons. The fraction of sp³-hybridized carbons (Fsp3) is 0.679. The van der Waals surface area contributed by atoms with E-state index >= 15 is 0 Å². The number of hydrogen-bond acceptors (Lipinski definition) is 20. The van der Waals surface area contributed by atoms with E-state index in [9.17, 15) is 29.4 Å². The molecule has 4 N–H and O–H groups in total. The molecule has 4 aliphatic carbocycles. The third-order valence-electron chi connectivity index (χ3n) is 14.7. The topological polar surface area (TPSA) is 262 Å². The Kier molecular flexibility index (Phi) is 17.0. The van der Waals surface area contributed by atoms with Crippen LogP contribution in [-0.2, 0) is 85.5 Å². The predicted molar refractivity (Wildman–Crippen MR) is 274 cm³/mol. The summed E-state index contributed by atoms with van der Waals surface area (Å²) in [4.78, 5) is 55.4. The summed E-state index contributed by atoms with van der Waals surface area (Å²) in [6, 6.07) is 6.47. The number of benzene rings is 1. The summed E-state index contributed by atoms with van der Waals surface area (Å²) in [5, 5.41) is 29.8. The van der Waals surface area contributed by atoms with Gasteiger partial charge < -0.3 is 87.2 Å². The van der Waals surface area contributed by atoms with Gasteiger partial charge in [0, 0.05) is 35.7 Å². The first-order chi connectivity index (χ1) is 36.9. The van der Waals surface area contributed by atoms with Gasteiger partial charge in [-0.2, -0.15) is 0 Å². The summed E-state index contributed by atoms with van der Waals surface area (Å²) in [6.45, 7) is 18.3. The molecule has 0 aromatic heterocycles. The minimum Gasteiger partial charge on any atom is -0.466 e. The molecule has 22 nitrogen and oxygen atoms in total. The monoisotopic (exact) mass is 1100 g/mol. The van der Waals surface area contributed by atoms with E-state index in [1.54, 1.807) is 91.8 Å². The number of ether oxygens (including phenoxy) is 14. The van der Waals surface area contributed by atoms with E-state index in [2.05, 4.69) is 10.6 Å². The number of aliphatic hydroxyl groups is 2. The molecule has 0 unspecified atom stereocenters. The van der Waals surface area contributed by atoms with Gasteiger partial charge in [0.25, 0.3) is 11.8 Å². The van der Waals surface area contributed by atoms with Crippen molar-refractivity contribution in [1.82, 2.24) is 0 Å². The molecule has 4 aliphatic heterocycles. The minimum absolute atomic E-state index is 0.0993. The summed E-state index contributed by atoms with van der Waals surface area (Å²) in [5.41, 5.74) is 1.20. The number of unbranched alkanes of at least 4 members (excludes halogenated alkanes) is 2. The Morgan fingerprint density at radius 1 is 0.500 bits per heavy atom. The highest BCUT2D eigenvalue weighted by Gasteiger charge is 2.60. The number of aliphatic hydroxyl groups excluding tert-OH is 2. The summed E-state index contributed by atoms with van der Waals surface area (Å²) in [6.07, 6.45) is -6.98. The minimum atomic E-state index is -1.34. The number of nitrogens with one attached hydrogen (secondary N) is 2. The molecule has 16 atom stereocenters. The normalized spacial score (nSPS) is 36.6. The Bertz CT molecular complexity index is 2390. The van der Waals surface area contributed by atoms with Gasteiger partial charge in [0.1, 0.15) is 97.7 Å². The smallest absolute Gasteiger partial charge is 0.336 e. The zero-order valence-electron chi connectivity index (χ0n) is 46.3. The zero-order valence-corrected chi connectivity index (χ0v) is 46.3. The van der Waals surface area contributed by atoms with Gasteiger partial charge in [-0.25, -0.2) is 9.59 Å². The summed E-state index contributed by atoms with van der Waals surface area (Å²) >= 11 is 0. The third kappa shape index (κ3) is 12.1. The van der Waals surface area contributed by atoms with Crippen molar-refractivity contribution in [3.05, 3.63) is 70.9 Å². The third-order valence-corrected chi connectivity index (χ3v) is 14.7. The summed E-state index contributed by atoms with van der Waals surface area (Å²) < 4.78 is 86.5. The Labute approximate surface area is 454 Å². The molecule has 78 heavy (non-hydrogen) atoms. The molecule has 1 aromatic rings. The van der Waals surface area contributed by atoms with Crippen molar-refractivity contribution >= 4 is 35.1 Å². The average Bonchev–Trinajstić information content (AvgIpc) is 4.20. The molecule has 4 fully saturated rings. The highest BCUT2D eigenvalue weighted by Crippen LogP contribution is 2.46. The first-order valence-corrected chi connectivity index (χ1v) is 26.9. The Balaban J connectivity index is 0.968. The largest absolute Gasteiger partial charge is 0.466 e. The van der Waals surface area contributed by atoms with E-state index in [4.69, 9.17) is 66.3 Å². The van der Waals surface area contributed by atoms with Crippen molar-refractivity contribution in [2.75, 3.05) is 38.1 Å². The van der Waals surface area contributed by atoms with Crippen molar-refractivity contribution in [2.24, 2.45) is 0 Å². The van der Waals surface area contributed by atoms with E-state index in [-0.39, 0.29) is 33.7 Å². The number of fused-ring (bicyclic) bond motifs is 4. The second-order valence-corrected chi connectivity index (χ2v) is 22.5. The number of rotatable bonds is 18. The Hall–Kier alpha value is -4.50. The van der Waals surface area contributed by atoms with Gasteiger partial charge in [-0.05, 0) is 111 Å². The van der Waals surface area contributed by atoms with Gasteiger partial charge in [0.2, 0.25) is 0 Å². The van der Waals surface area contributed by atoms with Crippen molar-refractivity contribution < 1.29 is 95.7 Å². The fourth-order valence-electron chi connectivity index (χ4n) is 11.3. The van der Waals surface area contributed by atoms with Crippen molar-refractivity contribution in [3.8, 4) is 0 Å². The molecule has 4 saturated heterocycles. The van der Waals surface area contributed by atoms with Crippen LogP contribution in [-0.4, -0.2) is 182 Å². The molecular weight excluding hydrogens is 1020 g/mol. The van der Waals surface area contributed by atoms with Gasteiger partial charge in [-0.3, -0.25) is 9.59 Å². The standard InChI is InChI=1S/C56H76N2O20/c1-13-15-20-67-35-25-31(51(63)65-11)41-47(77-55(7,8)73-41)43(35)69-33-23-29(39-45(37(33)59)75-53(3,4)71-39)49(61)57-27-18-17-19-28(22-27)58-50(62)30-24-34(38(60)46-40(30)72-54(5,6)76-46)70-44-36(68-21-16-14-2)26-32(52(64)66-12)42-48(44)78-56(9,10)74-42/h17-19,22-26,33-48,59-60H,13-16,20-21H2,1-12H3,(H,57,61)(H,58,62)/t33-,34-,35-,36-,37+,38+,39+,40+,41+,42+,43+,44+,45-,46-,47+,48+/m0/s1. The molecule has 22 heteroatoms. The second-order valence-electron chi connectivity index (χ2n) is 22.5. The molecule has 4 heterocycles. The van der Waals surface area contributed by atoms with E-state index in [1.165, 1.54) is 26.4 Å². The van der Waals surface area contributed by atoms with Crippen LogP contribution in [0, 0.1) is 0 Å². The van der Waals surface area contributed by atoms with Crippen LogP contribution in [0.3, 0.4) is 0 Å². The number of methoxy groups -OCH3 is 2. The number of hydrogen-bond donors (Lipinski definition) is 4. The van der Waals surface area contributed by atoms with E-state index in [0.717, 1.165) is 25.7 Å². The van der Waals surface area contributed by atoms with Gasteiger partial charge in [0.05, 0.1) is 25.4 Å². The van der Waals surface area contributed by atoms with Gasteiger partial charge in [-0.15, -0.1) is 0 Å². The van der Waals surface area contributed by atoms with Crippen molar-refractivity contribution in [2.45, 2.75) is 216 Å². The first kappa shape index (κ1) is 58.2. The quantitative estimate of drug-likeness (QED) is 0.118. The molecular formula is C56H76N2O20. The molecule has 0 saturated carbocycles. The summed E-state index contributed by atoms with van der Waals surface area (Å²) in [5.74, 6) is -7.11. The lowest BCUT2D eigenvalue weighted by molar-refractivity contribution is -0.197. The lowest BCUT2D eigenvalue weighted by atomic mass is 9.86. The highest BCUT2D eigenvalue weighted by atomic mass is 16.8. The van der Waals surface area contributed by atoms with Crippen LogP contribution in [0.25, 0.3) is 0 Å². The molecule has 1 aromatic carbocycles. The van der Waals surface area contributed by atoms with Crippen LogP contribution in [0.1, 0.15) is 94.9 Å². The maximum Gasteiger partial charge on any atom is 0.336 e. The number of anilines is 2. The van der Waals surface area contributed by atoms with Crippen LogP contribution in [0.5, 0.6) is 0 Å². The number of esters is 2. The van der Waals surface area contributed by atoms with Gasteiger partial charge >= 0.3 is 11.9 Å². The molecule has 0 bridgehead atoms.